The second kappa shape index (κ2) is 6.33. The highest BCUT2D eigenvalue weighted by atomic mass is 79.9. The smallest absolute Gasteiger partial charge is 0.183 e. The maximum atomic E-state index is 12.1. The van der Waals surface area contributed by atoms with Gasteiger partial charge in [-0.1, -0.05) is 48.5 Å². The molecule has 0 bridgehead atoms. The van der Waals surface area contributed by atoms with Gasteiger partial charge in [0, 0.05) is 21.7 Å². The van der Waals surface area contributed by atoms with E-state index in [-0.39, 0.29) is 12.3 Å². The fourth-order valence-corrected chi connectivity index (χ4v) is 1.97. The molecular weight excluding hydrogens is 292 g/mol. The summed E-state index contributed by atoms with van der Waals surface area (Å²) in [5, 5.41) is 1.75. The zero-order valence-electron chi connectivity index (χ0n) is 9.71. The summed E-state index contributed by atoms with van der Waals surface area (Å²) in [5.74, 6) is 0.0615. The first-order chi connectivity index (χ1) is 8.81. The SMILES string of the molecule is O=C(CN(NBr)c1ccccc1)c1ccccc1. The van der Waals surface area contributed by atoms with Gasteiger partial charge < -0.3 is 0 Å². The van der Waals surface area contributed by atoms with Gasteiger partial charge in [-0.2, -0.15) is 4.45 Å². The number of Topliss-reactive ketones (excluding diaryl/α,β-unsaturated/α-hetero) is 1. The molecule has 0 aliphatic carbocycles. The number of hydrogen-bond donors (Lipinski definition) is 1. The van der Waals surface area contributed by atoms with Crippen LogP contribution < -0.4 is 9.46 Å². The van der Waals surface area contributed by atoms with Gasteiger partial charge in [-0.15, -0.1) is 0 Å². The normalized spacial score (nSPS) is 10.1. The number of benzene rings is 2. The van der Waals surface area contributed by atoms with Gasteiger partial charge in [0.2, 0.25) is 0 Å². The third-order valence-corrected chi connectivity index (χ3v) is 3.00. The minimum absolute atomic E-state index is 0.0615. The van der Waals surface area contributed by atoms with Crippen molar-refractivity contribution in [1.29, 1.82) is 0 Å². The third kappa shape index (κ3) is 3.18. The van der Waals surface area contributed by atoms with Gasteiger partial charge in [-0.25, -0.2) is 0 Å². The van der Waals surface area contributed by atoms with E-state index in [4.69, 9.17) is 0 Å². The number of para-hydroxylation sites is 1. The van der Waals surface area contributed by atoms with Crippen molar-refractivity contribution < 1.29 is 4.79 Å². The molecule has 2 aromatic carbocycles. The lowest BCUT2D eigenvalue weighted by Crippen LogP contribution is -2.36. The summed E-state index contributed by atoms with van der Waals surface area (Å²) in [6.45, 7) is 0.263. The molecule has 0 saturated carbocycles. The Balaban J connectivity index is 2.10. The molecule has 2 rings (SSSR count). The number of anilines is 1. The van der Waals surface area contributed by atoms with E-state index >= 15 is 0 Å². The van der Waals surface area contributed by atoms with E-state index in [1.165, 1.54) is 0 Å². The van der Waals surface area contributed by atoms with Crippen molar-refractivity contribution in [3.05, 3.63) is 66.2 Å². The minimum atomic E-state index is 0.0615. The van der Waals surface area contributed by atoms with E-state index in [2.05, 4.69) is 20.6 Å². The predicted octanol–water partition coefficient (Wildman–Crippen LogP) is 3.19. The Morgan fingerprint density at radius 2 is 1.56 bits per heavy atom. The maximum Gasteiger partial charge on any atom is 0.183 e. The number of ketones is 1. The van der Waals surface area contributed by atoms with E-state index in [9.17, 15) is 4.79 Å². The van der Waals surface area contributed by atoms with Crippen molar-refractivity contribution in [2.24, 2.45) is 0 Å². The highest BCUT2D eigenvalue weighted by molar-refractivity contribution is 9.08. The number of carbonyl (C=O) groups excluding carboxylic acids is 1. The Morgan fingerprint density at radius 3 is 2.11 bits per heavy atom. The molecule has 0 aromatic heterocycles. The highest BCUT2D eigenvalue weighted by Crippen LogP contribution is 2.12. The Hall–Kier alpha value is -1.65. The Kier molecular flexibility index (Phi) is 4.50. The molecule has 0 amide bonds. The lowest BCUT2D eigenvalue weighted by molar-refractivity contribution is 0.0998. The Bertz CT molecular complexity index is 502. The van der Waals surface area contributed by atoms with E-state index in [1.807, 2.05) is 60.7 Å². The summed E-state index contributed by atoms with van der Waals surface area (Å²) in [6.07, 6.45) is 0. The van der Waals surface area contributed by atoms with Crippen LogP contribution in [0.1, 0.15) is 10.4 Å². The van der Waals surface area contributed by atoms with E-state index in [1.54, 1.807) is 5.01 Å². The molecule has 0 radical (unpaired) electrons. The summed E-state index contributed by atoms with van der Waals surface area (Å²) in [5.41, 5.74) is 1.64. The first-order valence-corrected chi connectivity index (χ1v) is 6.37. The average Bonchev–Trinajstić information content (AvgIpc) is 2.46. The summed E-state index contributed by atoms with van der Waals surface area (Å²) in [4.78, 5) is 12.1. The van der Waals surface area contributed by atoms with Gasteiger partial charge in [0.1, 0.15) is 0 Å². The van der Waals surface area contributed by atoms with Gasteiger partial charge in [0.15, 0.2) is 5.78 Å². The standard InChI is InChI=1S/C14H13BrN2O/c15-16-17(13-9-5-2-6-10-13)11-14(18)12-7-3-1-4-8-12/h1-10,16H,11H2. The molecule has 0 unspecified atom stereocenters. The highest BCUT2D eigenvalue weighted by Gasteiger charge is 2.11. The number of hydrogen-bond acceptors (Lipinski definition) is 3. The first kappa shape index (κ1) is 12.8. The average molecular weight is 305 g/mol. The summed E-state index contributed by atoms with van der Waals surface area (Å²) >= 11 is 3.18. The molecular formula is C14H13BrN2O. The van der Waals surface area contributed by atoms with E-state index in [0.29, 0.717) is 5.56 Å². The second-order valence-electron chi connectivity index (χ2n) is 3.80. The van der Waals surface area contributed by atoms with Crippen LogP contribution >= 0.6 is 16.1 Å². The number of halogens is 1. The lowest BCUT2D eigenvalue weighted by atomic mass is 10.1. The molecule has 4 heteroatoms. The van der Waals surface area contributed by atoms with Gasteiger partial charge in [0.05, 0.1) is 12.2 Å². The van der Waals surface area contributed by atoms with Crippen molar-refractivity contribution >= 4 is 27.6 Å². The van der Waals surface area contributed by atoms with Crippen LogP contribution in [-0.2, 0) is 0 Å². The second-order valence-corrected chi connectivity index (χ2v) is 4.15. The Morgan fingerprint density at radius 1 is 1.00 bits per heavy atom. The Labute approximate surface area is 115 Å². The molecule has 18 heavy (non-hydrogen) atoms. The topological polar surface area (TPSA) is 32.3 Å². The van der Waals surface area contributed by atoms with Crippen LogP contribution in [0.4, 0.5) is 5.69 Å². The van der Waals surface area contributed by atoms with Crippen LogP contribution in [0.3, 0.4) is 0 Å². The third-order valence-electron chi connectivity index (χ3n) is 2.57. The molecule has 0 fully saturated rings. The molecule has 0 aliphatic rings. The van der Waals surface area contributed by atoms with Crippen LogP contribution in [-0.4, -0.2) is 12.3 Å². The molecule has 3 nitrogen and oxygen atoms in total. The number of hydrazine groups is 1. The maximum absolute atomic E-state index is 12.1. The molecule has 0 saturated heterocycles. The summed E-state index contributed by atoms with van der Waals surface area (Å²) in [6, 6.07) is 18.9. The van der Waals surface area contributed by atoms with E-state index < -0.39 is 0 Å². The molecule has 0 spiro atoms. The van der Waals surface area contributed by atoms with Crippen LogP contribution in [0.2, 0.25) is 0 Å². The van der Waals surface area contributed by atoms with Crippen LogP contribution in [0.25, 0.3) is 0 Å². The molecule has 92 valence electrons. The monoisotopic (exact) mass is 304 g/mol. The number of nitrogens with one attached hydrogen (secondary N) is 1. The fraction of sp³-hybridized carbons (Fsp3) is 0.0714. The van der Waals surface area contributed by atoms with Crippen molar-refractivity contribution in [2.45, 2.75) is 0 Å². The zero-order valence-corrected chi connectivity index (χ0v) is 11.3. The lowest BCUT2D eigenvalue weighted by Gasteiger charge is -2.21. The molecule has 0 heterocycles. The van der Waals surface area contributed by atoms with Crippen molar-refractivity contribution in [1.82, 2.24) is 4.45 Å². The predicted molar refractivity (Wildman–Crippen MR) is 76.6 cm³/mol. The minimum Gasteiger partial charge on any atom is -0.292 e. The quantitative estimate of drug-likeness (QED) is 0.523. The molecule has 0 atom stereocenters. The van der Waals surface area contributed by atoms with Gasteiger partial charge in [0.25, 0.3) is 0 Å². The van der Waals surface area contributed by atoms with Gasteiger partial charge >= 0.3 is 0 Å². The van der Waals surface area contributed by atoms with Gasteiger partial charge in [-0.3, -0.25) is 9.80 Å². The molecule has 2 aromatic rings. The van der Waals surface area contributed by atoms with Crippen LogP contribution in [0.5, 0.6) is 0 Å². The first-order valence-electron chi connectivity index (χ1n) is 5.58. The van der Waals surface area contributed by atoms with Crippen LogP contribution in [0.15, 0.2) is 60.7 Å². The van der Waals surface area contributed by atoms with Crippen LogP contribution in [0, 0.1) is 0 Å². The zero-order chi connectivity index (χ0) is 12.8. The van der Waals surface area contributed by atoms with Gasteiger partial charge in [-0.05, 0) is 12.1 Å². The summed E-state index contributed by atoms with van der Waals surface area (Å²) < 4.78 is 2.84. The number of rotatable bonds is 5. The van der Waals surface area contributed by atoms with E-state index in [0.717, 1.165) is 5.69 Å². The molecule has 1 N–H and O–H groups in total. The van der Waals surface area contributed by atoms with Crippen molar-refractivity contribution in [2.75, 3.05) is 11.6 Å². The fourth-order valence-electron chi connectivity index (χ4n) is 1.64. The number of carbonyl (C=O) groups is 1. The largest absolute Gasteiger partial charge is 0.292 e. The van der Waals surface area contributed by atoms with Crippen molar-refractivity contribution in [3.8, 4) is 0 Å². The molecule has 0 aliphatic heterocycles. The van der Waals surface area contributed by atoms with Crippen molar-refractivity contribution in [3.63, 3.8) is 0 Å². The summed E-state index contributed by atoms with van der Waals surface area (Å²) in [7, 11) is 0. The number of nitrogens with zero attached hydrogens (tertiary/aromatic N) is 1.